The molecule has 0 radical (unpaired) electrons. The Morgan fingerprint density at radius 3 is 2.62 bits per heavy atom. The standard InChI is InChI=1S/C20H30N2O2.C2H6/c1-5-6-19(15(2)3)22-13-17-11-16(7-8-20(17)23-4)12-21-18-9-10-24-14-18;1-2/h5-8,11,18,21-22H,9-10,12-14H2,1-4H3;1-2H3/b6-5-;. The lowest BCUT2D eigenvalue weighted by molar-refractivity contribution is 0.190. The van der Waals surface area contributed by atoms with E-state index in [9.17, 15) is 0 Å². The van der Waals surface area contributed by atoms with Crippen LogP contribution in [0.1, 0.15) is 52.2 Å². The van der Waals surface area contributed by atoms with E-state index in [1.807, 2.05) is 20.8 Å². The molecule has 1 aliphatic heterocycles. The second-order valence-corrected chi connectivity index (χ2v) is 6.35. The van der Waals surface area contributed by atoms with Gasteiger partial charge in [-0.15, -0.1) is 0 Å². The van der Waals surface area contributed by atoms with Crippen LogP contribution in [0.4, 0.5) is 0 Å². The summed E-state index contributed by atoms with van der Waals surface area (Å²) in [6.45, 7) is 13.5. The van der Waals surface area contributed by atoms with Crippen LogP contribution in [0.15, 0.2) is 41.6 Å². The average molecular weight is 361 g/mol. The zero-order valence-electron chi connectivity index (χ0n) is 17.3. The molecular formula is C22H36N2O2. The van der Waals surface area contributed by atoms with Gasteiger partial charge in [-0.3, -0.25) is 0 Å². The smallest absolute Gasteiger partial charge is 0.123 e. The number of allylic oxidation sites excluding steroid dienone is 3. The van der Waals surface area contributed by atoms with Gasteiger partial charge in [-0.05, 0) is 51.0 Å². The lowest BCUT2D eigenvalue weighted by atomic mass is 10.1. The summed E-state index contributed by atoms with van der Waals surface area (Å²) in [7, 11) is 1.72. The highest BCUT2D eigenvalue weighted by Crippen LogP contribution is 2.21. The fourth-order valence-electron chi connectivity index (χ4n) is 2.80. The van der Waals surface area contributed by atoms with E-state index in [0.29, 0.717) is 6.04 Å². The SMILES string of the molecule is C/C=C\C(NCc1cc(CNC2CCOC2)ccc1OC)=C(C)C.CC. The first-order valence-corrected chi connectivity index (χ1v) is 9.65. The highest BCUT2D eigenvalue weighted by molar-refractivity contribution is 5.38. The normalized spacial score (nSPS) is 16.2. The Labute approximate surface area is 159 Å². The number of hydrogen-bond acceptors (Lipinski definition) is 4. The molecule has 0 bridgehead atoms. The lowest BCUT2D eigenvalue weighted by Crippen LogP contribution is -2.28. The molecule has 1 unspecified atom stereocenters. The largest absolute Gasteiger partial charge is 0.496 e. The average Bonchev–Trinajstić information content (AvgIpc) is 3.18. The Morgan fingerprint density at radius 2 is 2.04 bits per heavy atom. The van der Waals surface area contributed by atoms with E-state index in [1.165, 1.54) is 16.7 Å². The first-order chi connectivity index (χ1) is 12.6. The fraction of sp³-hybridized carbons (Fsp3) is 0.545. The molecule has 2 N–H and O–H groups in total. The zero-order chi connectivity index (χ0) is 19.4. The van der Waals surface area contributed by atoms with E-state index >= 15 is 0 Å². The van der Waals surface area contributed by atoms with Gasteiger partial charge in [0.1, 0.15) is 5.75 Å². The van der Waals surface area contributed by atoms with E-state index in [4.69, 9.17) is 9.47 Å². The molecule has 26 heavy (non-hydrogen) atoms. The summed E-state index contributed by atoms with van der Waals surface area (Å²) in [6, 6.07) is 6.86. The number of ether oxygens (including phenoxy) is 2. The molecule has 4 heteroatoms. The van der Waals surface area contributed by atoms with Gasteiger partial charge in [0.15, 0.2) is 0 Å². The molecule has 0 amide bonds. The molecule has 1 aromatic rings. The van der Waals surface area contributed by atoms with E-state index in [1.54, 1.807) is 7.11 Å². The van der Waals surface area contributed by atoms with E-state index < -0.39 is 0 Å². The molecule has 0 aromatic heterocycles. The third kappa shape index (κ3) is 7.22. The molecule has 4 nitrogen and oxygen atoms in total. The van der Waals surface area contributed by atoms with Crippen LogP contribution in [0, 0.1) is 0 Å². The fourth-order valence-corrected chi connectivity index (χ4v) is 2.80. The molecule has 1 heterocycles. The van der Waals surface area contributed by atoms with Crippen LogP contribution in [0.3, 0.4) is 0 Å². The minimum atomic E-state index is 0.473. The van der Waals surface area contributed by atoms with Gasteiger partial charge in [-0.25, -0.2) is 0 Å². The summed E-state index contributed by atoms with van der Waals surface area (Å²) < 4.78 is 10.9. The van der Waals surface area contributed by atoms with Gasteiger partial charge >= 0.3 is 0 Å². The lowest BCUT2D eigenvalue weighted by Gasteiger charge is -2.15. The van der Waals surface area contributed by atoms with Crippen molar-refractivity contribution in [2.75, 3.05) is 20.3 Å². The number of benzene rings is 1. The molecule has 146 valence electrons. The van der Waals surface area contributed by atoms with Crippen molar-refractivity contribution in [3.05, 3.63) is 52.7 Å². The van der Waals surface area contributed by atoms with Crippen molar-refractivity contribution in [2.45, 2.75) is 60.2 Å². The summed E-state index contributed by atoms with van der Waals surface area (Å²) in [6.07, 6.45) is 5.25. The van der Waals surface area contributed by atoms with Crippen molar-refractivity contribution in [3.8, 4) is 5.75 Å². The van der Waals surface area contributed by atoms with Gasteiger partial charge in [0.25, 0.3) is 0 Å². The molecule has 0 aliphatic carbocycles. The number of rotatable bonds is 8. The van der Waals surface area contributed by atoms with E-state index in [0.717, 1.165) is 44.2 Å². The predicted molar refractivity (Wildman–Crippen MR) is 110 cm³/mol. The number of hydrogen-bond donors (Lipinski definition) is 2. The summed E-state index contributed by atoms with van der Waals surface area (Å²) in [5.41, 5.74) is 4.87. The Bertz CT molecular complexity index is 584. The number of nitrogens with one attached hydrogen (secondary N) is 2. The van der Waals surface area contributed by atoms with Crippen molar-refractivity contribution in [3.63, 3.8) is 0 Å². The first kappa shape index (κ1) is 22.3. The highest BCUT2D eigenvalue weighted by Gasteiger charge is 2.14. The second kappa shape index (κ2) is 12.6. The highest BCUT2D eigenvalue weighted by atomic mass is 16.5. The maximum atomic E-state index is 5.52. The summed E-state index contributed by atoms with van der Waals surface area (Å²) >= 11 is 0. The van der Waals surface area contributed by atoms with E-state index in [-0.39, 0.29) is 0 Å². The molecule has 1 aliphatic rings. The molecule has 1 aromatic carbocycles. The molecule has 2 rings (SSSR count). The van der Waals surface area contributed by atoms with Crippen molar-refractivity contribution < 1.29 is 9.47 Å². The predicted octanol–water partition coefficient (Wildman–Crippen LogP) is 4.56. The van der Waals surface area contributed by atoms with Gasteiger partial charge in [0.2, 0.25) is 0 Å². The van der Waals surface area contributed by atoms with Crippen molar-refractivity contribution in [1.82, 2.24) is 10.6 Å². The molecule has 1 atom stereocenters. The Balaban J connectivity index is 0.00000163. The van der Waals surface area contributed by atoms with Crippen molar-refractivity contribution >= 4 is 0 Å². The first-order valence-electron chi connectivity index (χ1n) is 9.65. The summed E-state index contributed by atoms with van der Waals surface area (Å²) in [5, 5.41) is 7.07. The minimum Gasteiger partial charge on any atom is -0.496 e. The summed E-state index contributed by atoms with van der Waals surface area (Å²) in [5.74, 6) is 0.920. The Morgan fingerprint density at radius 1 is 1.27 bits per heavy atom. The molecule has 0 spiro atoms. The maximum absolute atomic E-state index is 5.52. The van der Waals surface area contributed by atoms with Crippen LogP contribution < -0.4 is 15.4 Å². The topological polar surface area (TPSA) is 42.5 Å². The van der Waals surface area contributed by atoms with Crippen LogP contribution in [0.2, 0.25) is 0 Å². The summed E-state index contributed by atoms with van der Waals surface area (Å²) in [4.78, 5) is 0. The maximum Gasteiger partial charge on any atom is 0.123 e. The van der Waals surface area contributed by atoms with Crippen molar-refractivity contribution in [1.29, 1.82) is 0 Å². The van der Waals surface area contributed by atoms with Crippen LogP contribution >= 0.6 is 0 Å². The number of methoxy groups -OCH3 is 1. The van der Waals surface area contributed by atoms with Gasteiger partial charge in [0.05, 0.1) is 13.7 Å². The van der Waals surface area contributed by atoms with Gasteiger partial charge < -0.3 is 20.1 Å². The molecule has 0 saturated carbocycles. The van der Waals surface area contributed by atoms with Crippen LogP contribution in [-0.2, 0) is 17.8 Å². The Hall–Kier alpha value is -1.78. The molecule has 1 saturated heterocycles. The Kier molecular flexibility index (Phi) is 10.7. The molecule has 1 fully saturated rings. The van der Waals surface area contributed by atoms with Gasteiger partial charge in [-0.2, -0.15) is 0 Å². The molecular weight excluding hydrogens is 324 g/mol. The van der Waals surface area contributed by atoms with Gasteiger partial charge in [0, 0.05) is 37.0 Å². The van der Waals surface area contributed by atoms with E-state index in [2.05, 4.69) is 54.8 Å². The third-order valence-electron chi connectivity index (χ3n) is 4.21. The van der Waals surface area contributed by atoms with Crippen LogP contribution in [0.5, 0.6) is 5.75 Å². The van der Waals surface area contributed by atoms with Crippen molar-refractivity contribution in [2.24, 2.45) is 0 Å². The zero-order valence-corrected chi connectivity index (χ0v) is 17.3. The quantitative estimate of drug-likeness (QED) is 0.667. The minimum absolute atomic E-state index is 0.473. The van der Waals surface area contributed by atoms with Crippen LogP contribution in [0.25, 0.3) is 0 Å². The monoisotopic (exact) mass is 360 g/mol. The van der Waals surface area contributed by atoms with Gasteiger partial charge in [-0.1, -0.05) is 31.6 Å². The third-order valence-corrected chi connectivity index (χ3v) is 4.21. The second-order valence-electron chi connectivity index (χ2n) is 6.35. The van der Waals surface area contributed by atoms with Crippen LogP contribution in [-0.4, -0.2) is 26.4 Å².